The van der Waals surface area contributed by atoms with Crippen LogP contribution >= 0.6 is 0 Å². The van der Waals surface area contributed by atoms with Crippen LogP contribution in [0.2, 0.25) is 0 Å². The van der Waals surface area contributed by atoms with Gasteiger partial charge in [-0.1, -0.05) is 33.1 Å². The highest BCUT2D eigenvalue weighted by Crippen LogP contribution is 2.63. The molecule has 0 N–H and O–H groups in total. The molecule has 0 bridgehead atoms. The summed E-state index contributed by atoms with van der Waals surface area (Å²) in [6.45, 7) is 7.16. The normalized spacial score (nSPS) is 42.6. The van der Waals surface area contributed by atoms with Crippen LogP contribution in [0.1, 0.15) is 85.0 Å². The first kappa shape index (κ1) is 18.7. The van der Waals surface area contributed by atoms with Gasteiger partial charge < -0.3 is 9.47 Å². The average molecular weight is 337 g/mol. The van der Waals surface area contributed by atoms with Crippen LogP contribution in [-0.2, 0) is 9.47 Å². The molecule has 6 atom stereocenters. The first-order chi connectivity index (χ1) is 11.5. The average Bonchev–Trinajstić information content (AvgIpc) is 2.96. The quantitative estimate of drug-likeness (QED) is 0.550. The molecule has 0 spiro atoms. The summed E-state index contributed by atoms with van der Waals surface area (Å²) in [6, 6.07) is 0. The lowest BCUT2D eigenvalue weighted by molar-refractivity contribution is -0.200. The van der Waals surface area contributed by atoms with Crippen molar-refractivity contribution in [3.8, 4) is 0 Å². The van der Waals surface area contributed by atoms with Gasteiger partial charge in [0.1, 0.15) is 0 Å². The third kappa shape index (κ3) is 3.18. The van der Waals surface area contributed by atoms with Crippen molar-refractivity contribution in [2.24, 2.45) is 35.0 Å². The summed E-state index contributed by atoms with van der Waals surface area (Å²) in [6.07, 6.45) is 14.1. The third-order valence-corrected chi connectivity index (χ3v) is 8.73. The Bertz CT molecular complexity index is 416. The van der Waals surface area contributed by atoms with Gasteiger partial charge in [0.25, 0.3) is 0 Å². The summed E-state index contributed by atoms with van der Waals surface area (Å²) >= 11 is 0. The molecule has 3 saturated carbocycles. The van der Waals surface area contributed by atoms with Gasteiger partial charge >= 0.3 is 0 Å². The molecule has 0 aliphatic heterocycles. The van der Waals surface area contributed by atoms with Gasteiger partial charge in [-0.05, 0) is 80.5 Å². The maximum atomic E-state index is 5.61. The molecule has 0 aromatic carbocycles. The summed E-state index contributed by atoms with van der Waals surface area (Å²) in [5, 5.41) is 0. The Morgan fingerprint density at radius 2 is 1.75 bits per heavy atom. The van der Waals surface area contributed by atoms with Crippen LogP contribution in [0.3, 0.4) is 0 Å². The highest BCUT2D eigenvalue weighted by molar-refractivity contribution is 5.04. The van der Waals surface area contributed by atoms with Gasteiger partial charge in [0, 0.05) is 20.6 Å². The van der Waals surface area contributed by atoms with E-state index in [1.165, 1.54) is 57.8 Å². The molecule has 0 saturated heterocycles. The van der Waals surface area contributed by atoms with Crippen molar-refractivity contribution in [2.75, 3.05) is 14.2 Å². The van der Waals surface area contributed by atoms with Crippen LogP contribution in [0.5, 0.6) is 0 Å². The molecule has 3 aliphatic carbocycles. The number of methoxy groups -OCH3 is 2. The van der Waals surface area contributed by atoms with E-state index in [0.717, 1.165) is 36.0 Å². The van der Waals surface area contributed by atoms with E-state index in [4.69, 9.17) is 9.47 Å². The number of rotatable bonds is 6. The zero-order chi connectivity index (χ0) is 17.4. The Labute approximate surface area is 150 Å². The van der Waals surface area contributed by atoms with E-state index in [9.17, 15) is 0 Å². The topological polar surface area (TPSA) is 18.5 Å². The molecular weight excluding hydrogens is 296 g/mol. The second kappa shape index (κ2) is 7.27. The van der Waals surface area contributed by atoms with Crippen LogP contribution < -0.4 is 0 Å². The summed E-state index contributed by atoms with van der Waals surface area (Å²) in [5.74, 6) is 4.50. The van der Waals surface area contributed by atoms with Gasteiger partial charge in [-0.15, -0.1) is 0 Å². The molecule has 0 aromatic rings. The van der Waals surface area contributed by atoms with Gasteiger partial charge in [-0.2, -0.15) is 0 Å². The Balaban J connectivity index is 1.67. The SMILES string of the molecule is CCC1CCC2C3CCCC(CCC(C)(OC)OC)C3CCC12C. The van der Waals surface area contributed by atoms with Crippen molar-refractivity contribution in [1.82, 2.24) is 0 Å². The minimum Gasteiger partial charge on any atom is -0.353 e. The van der Waals surface area contributed by atoms with Crippen molar-refractivity contribution in [3.63, 3.8) is 0 Å². The zero-order valence-corrected chi connectivity index (χ0v) is 16.8. The van der Waals surface area contributed by atoms with Gasteiger partial charge in [0.05, 0.1) is 0 Å². The van der Waals surface area contributed by atoms with E-state index in [-0.39, 0.29) is 0 Å². The monoisotopic (exact) mass is 336 g/mol. The Kier molecular flexibility index (Phi) is 5.67. The van der Waals surface area contributed by atoms with E-state index in [1.807, 2.05) is 0 Å². The number of fused-ring (bicyclic) bond motifs is 3. The highest BCUT2D eigenvalue weighted by Gasteiger charge is 2.54. The first-order valence-electron chi connectivity index (χ1n) is 10.6. The van der Waals surface area contributed by atoms with E-state index < -0.39 is 5.79 Å². The lowest BCUT2D eigenvalue weighted by Gasteiger charge is -2.53. The number of hydrogen-bond acceptors (Lipinski definition) is 2. The van der Waals surface area contributed by atoms with Crippen LogP contribution in [-0.4, -0.2) is 20.0 Å². The summed E-state index contributed by atoms with van der Waals surface area (Å²) in [7, 11) is 3.56. The van der Waals surface area contributed by atoms with Crippen LogP contribution in [0, 0.1) is 35.0 Å². The predicted octanol–water partition coefficient (Wildman–Crippen LogP) is 6.04. The molecule has 3 fully saturated rings. The Hall–Kier alpha value is -0.0800. The van der Waals surface area contributed by atoms with Gasteiger partial charge in [0.15, 0.2) is 5.79 Å². The number of ether oxygens (including phenoxy) is 2. The maximum absolute atomic E-state index is 5.61. The lowest BCUT2D eigenvalue weighted by Crippen LogP contribution is -2.45. The van der Waals surface area contributed by atoms with Crippen molar-refractivity contribution in [3.05, 3.63) is 0 Å². The zero-order valence-electron chi connectivity index (χ0n) is 16.8. The standard InChI is InChI=1S/C22H40O2/c1-6-17-10-11-20-19-9-7-8-16(12-15-22(3,23-4)24-5)18(19)13-14-21(17,20)2/h16-20H,6-15H2,1-5H3. The molecular formula is C22H40O2. The fourth-order valence-corrected chi connectivity index (χ4v) is 7.02. The fraction of sp³-hybridized carbons (Fsp3) is 1.00. The molecule has 0 aromatic heterocycles. The third-order valence-electron chi connectivity index (χ3n) is 8.73. The van der Waals surface area contributed by atoms with E-state index in [0.29, 0.717) is 5.41 Å². The lowest BCUT2D eigenvalue weighted by atomic mass is 9.52. The maximum Gasteiger partial charge on any atom is 0.164 e. The molecule has 6 unspecified atom stereocenters. The molecule has 0 heterocycles. The smallest absolute Gasteiger partial charge is 0.164 e. The second-order valence-corrected chi connectivity index (χ2v) is 9.43. The molecule has 0 radical (unpaired) electrons. The molecule has 3 rings (SSSR count). The molecule has 24 heavy (non-hydrogen) atoms. The largest absolute Gasteiger partial charge is 0.353 e. The molecule has 3 aliphatic rings. The van der Waals surface area contributed by atoms with Crippen molar-refractivity contribution >= 4 is 0 Å². The van der Waals surface area contributed by atoms with Crippen LogP contribution in [0.25, 0.3) is 0 Å². The van der Waals surface area contributed by atoms with Crippen molar-refractivity contribution < 1.29 is 9.47 Å². The van der Waals surface area contributed by atoms with Crippen LogP contribution in [0.15, 0.2) is 0 Å². The Morgan fingerprint density at radius 3 is 2.42 bits per heavy atom. The number of hydrogen-bond donors (Lipinski definition) is 0. The second-order valence-electron chi connectivity index (χ2n) is 9.43. The molecule has 140 valence electrons. The Morgan fingerprint density at radius 1 is 1.00 bits per heavy atom. The predicted molar refractivity (Wildman–Crippen MR) is 99.8 cm³/mol. The summed E-state index contributed by atoms with van der Waals surface area (Å²) in [4.78, 5) is 0. The minimum atomic E-state index is -0.392. The first-order valence-corrected chi connectivity index (χ1v) is 10.6. The van der Waals surface area contributed by atoms with Crippen molar-refractivity contribution in [2.45, 2.75) is 90.8 Å². The van der Waals surface area contributed by atoms with Crippen LogP contribution in [0.4, 0.5) is 0 Å². The van der Waals surface area contributed by atoms with E-state index >= 15 is 0 Å². The molecule has 2 nitrogen and oxygen atoms in total. The minimum absolute atomic E-state index is 0.392. The fourth-order valence-electron chi connectivity index (χ4n) is 7.02. The van der Waals surface area contributed by atoms with E-state index in [1.54, 1.807) is 14.2 Å². The van der Waals surface area contributed by atoms with Gasteiger partial charge in [-0.3, -0.25) is 0 Å². The van der Waals surface area contributed by atoms with Gasteiger partial charge in [0.2, 0.25) is 0 Å². The van der Waals surface area contributed by atoms with Crippen molar-refractivity contribution in [1.29, 1.82) is 0 Å². The summed E-state index contributed by atoms with van der Waals surface area (Å²) < 4.78 is 11.2. The molecule has 2 heteroatoms. The summed E-state index contributed by atoms with van der Waals surface area (Å²) in [5.41, 5.74) is 0.658. The molecule has 0 amide bonds. The van der Waals surface area contributed by atoms with E-state index in [2.05, 4.69) is 20.8 Å². The van der Waals surface area contributed by atoms with Gasteiger partial charge in [-0.25, -0.2) is 0 Å². The highest BCUT2D eigenvalue weighted by atomic mass is 16.7.